The van der Waals surface area contributed by atoms with Crippen molar-refractivity contribution in [1.82, 2.24) is 0 Å². The monoisotopic (exact) mass is 311 g/mol. The summed E-state index contributed by atoms with van der Waals surface area (Å²) in [5, 5.41) is 37.9. The van der Waals surface area contributed by atoms with E-state index in [0.717, 1.165) is 4.90 Å². The van der Waals surface area contributed by atoms with Crippen LogP contribution >= 0.6 is 11.8 Å². The lowest BCUT2D eigenvalue weighted by Crippen LogP contribution is -2.56. The van der Waals surface area contributed by atoms with Gasteiger partial charge in [0.15, 0.2) is 0 Å². The van der Waals surface area contributed by atoms with Crippen molar-refractivity contribution in [3.05, 3.63) is 29.8 Å². The molecule has 0 aliphatic carbocycles. The fraction of sp³-hybridized carbons (Fsp3) is 0.500. The second kappa shape index (κ2) is 7.22. The molecule has 1 aromatic rings. The Morgan fingerprint density at radius 2 is 1.95 bits per heavy atom. The summed E-state index contributed by atoms with van der Waals surface area (Å²) in [5.41, 5.74) is 0.0101. The van der Waals surface area contributed by atoms with Crippen LogP contribution in [0.5, 0.6) is 0 Å². The number of benzene rings is 1. The lowest BCUT2D eigenvalue weighted by Gasteiger charge is -2.38. The number of ether oxygens (including phenoxy) is 2. The molecule has 114 valence electrons. The number of hydrogen-bond acceptors (Lipinski definition) is 7. The molecule has 1 aliphatic rings. The molecule has 2 rings (SSSR count). The molecule has 0 bridgehead atoms. The molecule has 0 spiro atoms. The predicted molar refractivity (Wildman–Crippen MR) is 75.6 cm³/mol. The normalized spacial score (nSPS) is 30.6. The quantitative estimate of drug-likeness (QED) is 0.535. The van der Waals surface area contributed by atoms with Crippen LogP contribution in [0.1, 0.15) is 5.56 Å². The lowest BCUT2D eigenvalue weighted by atomic mass is 10.0. The van der Waals surface area contributed by atoms with Crippen molar-refractivity contribution in [2.75, 3.05) is 13.7 Å². The number of hydrogen-bond donors (Lipinski definition) is 3. The topological polar surface area (TPSA) is 103 Å². The highest BCUT2D eigenvalue weighted by molar-refractivity contribution is 7.99. The van der Waals surface area contributed by atoms with Crippen LogP contribution in [0.4, 0.5) is 0 Å². The molecule has 1 heterocycles. The van der Waals surface area contributed by atoms with Crippen LogP contribution in [-0.2, 0) is 9.47 Å². The molecule has 1 aromatic carbocycles. The van der Waals surface area contributed by atoms with Gasteiger partial charge in [-0.2, -0.15) is 5.26 Å². The number of aliphatic hydroxyl groups excluding tert-OH is 3. The second-order valence-electron chi connectivity index (χ2n) is 4.70. The molecular weight excluding hydrogens is 294 g/mol. The molecule has 3 N–H and O–H groups in total. The van der Waals surface area contributed by atoms with Crippen molar-refractivity contribution < 1.29 is 24.8 Å². The first-order chi connectivity index (χ1) is 10.1. The van der Waals surface area contributed by atoms with E-state index in [4.69, 9.17) is 14.7 Å². The third-order valence-corrected chi connectivity index (χ3v) is 4.51. The molecule has 21 heavy (non-hydrogen) atoms. The number of methoxy groups -OCH3 is 1. The summed E-state index contributed by atoms with van der Waals surface area (Å²) in [4.78, 5) is 0.845. The maximum absolute atomic E-state index is 10.00. The molecule has 5 atom stereocenters. The van der Waals surface area contributed by atoms with E-state index >= 15 is 0 Å². The molecule has 0 radical (unpaired) electrons. The van der Waals surface area contributed by atoms with E-state index < -0.39 is 29.9 Å². The summed E-state index contributed by atoms with van der Waals surface area (Å²) >= 11 is 1.31. The summed E-state index contributed by atoms with van der Waals surface area (Å²) in [5.74, 6) is 0. The van der Waals surface area contributed by atoms with E-state index in [2.05, 4.69) is 0 Å². The van der Waals surface area contributed by atoms with Gasteiger partial charge in [-0.3, -0.25) is 0 Å². The molecule has 1 aliphatic heterocycles. The Balaban J connectivity index is 2.07. The van der Waals surface area contributed by atoms with Crippen LogP contribution < -0.4 is 0 Å². The van der Waals surface area contributed by atoms with Gasteiger partial charge in [-0.25, -0.2) is 0 Å². The highest BCUT2D eigenvalue weighted by atomic mass is 32.2. The number of nitriles is 1. The minimum Gasteiger partial charge on any atom is -0.388 e. The number of nitrogens with zero attached hydrogens (tertiary/aromatic N) is 1. The summed E-state index contributed by atoms with van der Waals surface area (Å²) in [6.07, 6.45) is -4.35. The molecule has 7 heteroatoms. The molecule has 0 unspecified atom stereocenters. The van der Waals surface area contributed by atoms with Crippen molar-refractivity contribution >= 4 is 11.8 Å². The minimum atomic E-state index is -1.26. The molecule has 1 saturated heterocycles. The van der Waals surface area contributed by atoms with Crippen LogP contribution in [0.2, 0.25) is 0 Å². The van der Waals surface area contributed by atoms with E-state index in [1.807, 2.05) is 6.07 Å². The third-order valence-electron chi connectivity index (χ3n) is 3.28. The van der Waals surface area contributed by atoms with Gasteiger partial charge in [0, 0.05) is 12.0 Å². The van der Waals surface area contributed by atoms with Crippen molar-refractivity contribution in [2.45, 2.75) is 34.7 Å². The zero-order valence-corrected chi connectivity index (χ0v) is 12.2. The predicted octanol–water partition coefficient (Wildman–Crippen LogP) is 0.104. The van der Waals surface area contributed by atoms with Crippen LogP contribution in [0, 0.1) is 11.3 Å². The standard InChI is InChI=1S/C14H17NO5S/c1-19-14(13-12(18)11(17)10(16)7-20-13)21-9-4-2-8(6-15)3-5-9/h2-5,10-14,16-18H,7H2,1H3/t10-,11-,12-,13+,14-/m1/s1. The van der Waals surface area contributed by atoms with Crippen LogP contribution in [0.15, 0.2) is 29.2 Å². The number of thioether (sulfide) groups is 1. The first-order valence-corrected chi connectivity index (χ1v) is 7.30. The van der Waals surface area contributed by atoms with Gasteiger partial charge < -0.3 is 24.8 Å². The van der Waals surface area contributed by atoms with E-state index in [1.165, 1.54) is 18.9 Å². The average molecular weight is 311 g/mol. The minimum absolute atomic E-state index is 0.0588. The lowest BCUT2D eigenvalue weighted by molar-refractivity contribution is -0.202. The van der Waals surface area contributed by atoms with Gasteiger partial charge in [-0.15, -0.1) is 0 Å². The first-order valence-electron chi connectivity index (χ1n) is 6.42. The molecule has 6 nitrogen and oxygen atoms in total. The van der Waals surface area contributed by atoms with Crippen LogP contribution in [0.3, 0.4) is 0 Å². The van der Waals surface area contributed by atoms with Gasteiger partial charge in [-0.1, -0.05) is 11.8 Å². The van der Waals surface area contributed by atoms with Crippen molar-refractivity contribution in [3.8, 4) is 6.07 Å². The average Bonchev–Trinajstić information content (AvgIpc) is 2.51. The van der Waals surface area contributed by atoms with Crippen LogP contribution in [-0.4, -0.2) is 58.9 Å². The Hall–Kier alpha value is -1.14. The number of rotatable bonds is 4. The zero-order chi connectivity index (χ0) is 15.4. The van der Waals surface area contributed by atoms with Gasteiger partial charge in [0.2, 0.25) is 0 Å². The fourth-order valence-electron chi connectivity index (χ4n) is 2.06. The van der Waals surface area contributed by atoms with E-state index in [9.17, 15) is 15.3 Å². The molecule has 0 amide bonds. The number of aliphatic hydroxyl groups is 3. The SMILES string of the molecule is CO[C@H](Sc1ccc(C#N)cc1)[C@H]1OC[C@@H](O)[C@@H](O)[C@H]1O. The Morgan fingerprint density at radius 1 is 1.29 bits per heavy atom. The van der Waals surface area contributed by atoms with Gasteiger partial charge in [0.25, 0.3) is 0 Å². The summed E-state index contributed by atoms with van der Waals surface area (Å²) < 4.78 is 10.7. The molecule has 0 saturated carbocycles. The van der Waals surface area contributed by atoms with E-state index in [1.54, 1.807) is 24.3 Å². The van der Waals surface area contributed by atoms with Gasteiger partial charge in [0.1, 0.15) is 29.9 Å². The van der Waals surface area contributed by atoms with Gasteiger partial charge >= 0.3 is 0 Å². The van der Waals surface area contributed by atoms with Crippen molar-refractivity contribution in [1.29, 1.82) is 5.26 Å². The summed E-state index contributed by atoms with van der Waals surface area (Å²) in [7, 11) is 1.48. The molecule has 1 fully saturated rings. The fourth-order valence-corrected chi connectivity index (χ4v) is 3.09. The Labute approximate surface area is 126 Å². The Morgan fingerprint density at radius 3 is 2.52 bits per heavy atom. The summed E-state index contributed by atoms with van der Waals surface area (Å²) in [6.45, 7) is -0.0588. The highest BCUT2D eigenvalue weighted by Gasteiger charge is 2.42. The third kappa shape index (κ3) is 3.74. The maximum atomic E-state index is 10.00. The Kier molecular flexibility index (Phi) is 5.58. The second-order valence-corrected chi connectivity index (χ2v) is 5.88. The van der Waals surface area contributed by atoms with E-state index in [-0.39, 0.29) is 6.61 Å². The van der Waals surface area contributed by atoms with Crippen molar-refractivity contribution in [3.63, 3.8) is 0 Å². The van der Waals surface area contributed by atoms with E-state index in [0.29, 0.717) is 5.56 Å². The van der Waals surface area contributed by atoms with Gasteiger partial charge in [-0.05, 0) is 24.3 Å². The van der Waals surface area contributed by atoms with Crippen molar-refractivity contribution in [2.24, 2.45) is 0 Å². The molecule has 0 aromatic heterocycles. The maximum Gasteiger partial charge on any atom is 0.136 e. The molecular formula is C14H17NO5S. The van der Waals surface area contributed by atoms with Crippen LogP contribution in [0.25, 0.3) is 0 Å². The smallest absolute Gasteiger partial charge is 0.136 e. The highest BCUT2D eigenvalue weighted by Crippen LogP contribution is 2.31. The Bertz CT molecular complexity index is 503. The van der Waals surface area contributed by atoms with Gasteiger partial charge in [0.05, 0.1) is 18.2 Å². The zero-order valence-electron chi connectivity index (χ0n) is 11.4. The largest absolute Gasteiger partial charge is 0.388 e. The first kappa shape index (κ1) is 16.2. The summed E-state index contributed by atoms with van der Waals surface area (Å²) in [6, 6.07) is 8.96.